The van der Waals surface area contributed by atoms with Gasteiger partial charge in [0.15, 0.2) is 0 Å². The minimum absolute atomic E-state index is 0.246. The van der Waals surface area contributed by atoms with Crippen LogP contribution in [0, 0.1) is 0 Å². The molecule has 0 radical (unpaired) electrons. The standard InChI is InChI=1S/C10H15F3N4/c1-3-4-14-8-5-9(16-7-15-8)17(2)6-10(11,12)13/h5,7H,3-4,6H2,1-2H3,(H,14,15,16). The Morgan fingerprint density at radius 2 is 2.06 bits per heavy atom. The van der Waals surface area contributed by atoms with Crippen LogP contribution in [0.15, 0.2) is 12.4 Å². The van der Waals surface area contributed by atoms with E-state index >= 15 is 0 Å². The average Bonchev–Trinajstić information content (AvgIpc) is 2.24. The molecule has 0 saturated carbocycles. The van der Waals surface area contributed by atoms with Gasteiger partial charge >= 0.3 is 6.18 Å². The molecule has 0 atom stereocenters. The molecule has 0 aliphatic carbocycles. The summed E-state index contributed by atoms with van der Waals surface area (Å²) >= 11 is 0. The van der Waals surface area contributed by atoms with Crippen LogP contribution in [0.25, 0.3) is 0 Å². The molecule has 1 aromatic rings. The Morgan fingerprint density at radius 1 is 1.35 bits per heavy atom. The highest BCUT2D eigenvalue weighted by molar-refractivity contribution is 5.47. The van der Waals surface area contributed by atoms with Crippen LogP contribution < -0.4 is 10.2 Å². The summed E-state index contributed by atoms with van der Waals surface area (Å²) in [6, 6.07) is 1.50. The smallest absolute Gasteiger partial charge is 0.370 e. The zero-order valence-electron chi connectivity index (χ0n) is 9.75. The lowest BCUT2D eigenvalue weighted by molar-refractivity contribution is -0.119. The Kier molecular flexibility index (Phi) is 4.53. The number of aromatic nitrogens is 2. The van der Waals surface area contributed by atoms with E-state index in [0.717, 1.165) is 17.9 Å². The first kappa shape index (κ1) is 13.5. The summed E-state index contributed by atoms with van der Waals surface area (Å²) < 4.78 is 36.6. The second kappa shape index (κ2) is 5.70. The van der Waals surface area contributed by atoms with Gasteiger partial charge < -0.3 is 10.2 Å². The number of nitrogens with zero attached hydrogens (tertiary/aromatic N) is 3. The first-order valence-corrected chi connectivity index (χ1v) is 5.26. The van der Waals surface area contributed by atoms with E-state index in [4.69, 9.17) is 0 Å². The van der Waals surface area contributed by atoms with Crippen LogP contribution in [0.5, 0.6) is 0 Å². The molecule has 17 heavy (non-hydrogen) atoms. The summed E-state index contributed by atoms with van der Waals surface area (Å²) in [5, 5.41) is 2.99. The Balaban J connectivity index is 2.70. The van der Waals surface area contributed by atoms with Crippen LogP contribution in [0.2, 0.25) is 0 Å². The van der Waals surface area contributed by atoms with Crippen molar-refractivity contribution in [3.63, 3.8) is 0 Å². The van der Waals surface area contributed by atoms with Crippen molar-refractivity contribution in [2.24, 2.45) is 0 Å². The third kappa shape index (κ3) is 4.88. The summed E-state index contributed by atoms with van der Waals surface area (Å²) in [5.74, 6) is 0.779. The van der Waals surface area contributed by atoms with E-state index in [1.54, 1.807) is 0 Å². The fourth-order valence-electron chi connectivity index (χ4n) is 1.26. The third-order valence-corrected chi connectivity index (χ3v) is 2.02. The second-order valence-electron chi connectivity index (χ2n) is 3.66. The second-order valence-corrected chi connectivity index (χ2v) is 3.66. The van der Waals surface area contributed by atoms with Crippen LogP contribution in [0.1, 0.15) is 13.3 Å². The number of rotatable bonds is 5. The van der Waals surface area contributed by atoms with Gasteiger partial charge in [0, 0.05) is 19.7 Å². The highest BCUT2D eigenvalue weighted by Gasteiger charge is 2.29. The minimum Gasteiger partial charge on any atom is -0.370 e. The minimum atomic E-state index is -4.24. The molecule has 0 fully saturated rings. The first-order valence-electron chi connectivity index (χ1n) is 5.26. The van der Waals surface area contributed by atoms with Gasteiger partial charge in [0.1, 0.15) is 24.5 Å². The molecule has 0 aliphatic heterocycles. The predicted molar refractivity (Wildman–Crippen MR) is 60.1 cm³/mol. The maximum Gasteiger partial charge on any atom is 0.405 e. The average molecular weight is 248 g/mol. The number of anilines is 2. The molecule has 0 unspecified atom stereocenters. The monoisotopic (exact) mass is 248 g/mol. The molecule has 0 aromatic carbocycles. The number of alkyl halides is 3. The van der Waals surface area contributed by atoms with Crippen LogP contribution >= 0.6 is 0 Å². The fraction of sp³-hybridized carbons (Fsp3) is 0.600. The molecule has 0 spiro atoms. The fourth-order valence-corrected chi connectivity index (χ4v) is 1.26. The molecule has 96 valence electrons. The van der Waals surface area contributed by atoms with E-state index in [-0.39, 0.29) is 5.82 Å². The largest absolute Gasteiger partial charge is 0.405 e. The normalized spacial score (nSPS) is 11.4. The zero-order chi connectivity index (χ0) is 12.9. The number of halogens is 3. The molecule has 4 nitrogen and oxygen atoms in total. The molecule has 1 rings (SSSR count). The van der Waals surface area contributed by atoms with Crippen molar-refractivity contribution < 1.29 is 13.2 Å². The molecule has 0 aliphatic rings. The Morgan fingerprint density at radius 3 is 2.65 bits per heavy atom. The van der Waals surface area contributed by atoms with Gasteiger partial charge in [-0.3, -0.25) is 0 Å². The van der Waals surface area contributed by atoms with Gasteiger partial charge in [-0.2, -0.15) is 13.2 Å². The molecule has 1 aromatic heterocycles. The van der Waals surface area contributed by atoms with Crippen molar-refractivity contribution in [1.29, 1.82) is 0 Å². The van der Waals surface area contributed by atoms with Crippen molar-refractivity contribution in [3.05, 3.63) is 12.4 Å². The highest BCUT2D eigenvalue weighted by Crippen LogP contribution is 2.20. The Labute approximate surface area is 97.9 Å². The quantitative estimate of drug-likeness (QED) is 0.868. The third-order valence-electron chi connectivity index (χ3n) is 2.02. The lowest BCUT2D eigenvalue weighted by atomic mass is 10.4. The molecule has 1 heterocycles. The Hall–Kier alpha value is -1.53. The van der Waals surface area contributed by atoms with Gasteiger partial charge in [0.25, 0.3) is 0 Å². The van der Waals surface area contributed by atoms with E-state index in [1.807, 2.05) is 6.92 Å². The van der Waals surface area contributed by atoms with E-state index in [0.29, 0.717) is 5.82 Å². The highest BCUT2D eigenvalue weighted by atomic mass is 19.4. The molecule has 1 N–H and O–H groups in total. The van der Waals surface area contributed by atoms with Crippen LogP contribution in [0.4, 0.5) is 24.8 Å². The number of hydrogen-bond donors (Lipinski definition) is 1. The molecule has 0 bridgehead atoms. The Bertz CT molecular complexity index is 354. The van der Waals surface area contributed by atoms with Crippen molar-refractivity contribution in [2.75, 3.05) is 30.4 Å². The molecular formula is C10H15F3N4. The number of hydrogen-bond acceptors (Lipinski definition) is 4. The van der Waals surface area contributed by atoms with Gasteiger partial charge in [-0.1, -0.05) is 6.92 Å². The van der Waals surface area contributed by atoms with Crippen molar-refractivity contribution in [2.45, 2.75) is 19.5 Å². The molecular weight excluding hydrogens is 233 g/mol. The van der Waals surface area contributed by atoms with E-state index in [9.17, 15) is 13.2 Å². The topological polar surface area (TPSA) is 41.0 Å². The van der Waals surface area contributed by atoms with Crippen LogP contribution in [-0.2, 0) is 0 Å². The van der Waals surface area contributed by atoms with Gasteiger partial charge in [-0.15, -0.1) is 0 Å². The number of nitrogens with one attached hydrogen (secondary N) is 1. The molecule has 7 heteroatoms. The van der Waals surface area contributed by atoms with E-state index < -0.39 is 12.7 Å². The first-order chi connectivity index (χ1) is 7.92. The summed E-state index contributed by atoms with van der Waals surface area (Å²) in [6.45, 7) is 1.68. The van der Waals surface area contributed by atoms with E-state index in [2.05, 4.69) is 15.3 Å². The maximum absolute atomic E-state index is 12.2. The summed E-state index contributed by atoms with van der Waals surface area (Å²) in [4.78, 5) is 8.77. The van der Waals surface area contributed by atoms with Crippen molar-refractivity contribution in [3.8, 4) is 0 Å². The van der Waals surface area contributed by atoms with Gasteiger partial charge in [-0.25, -0.2) is 9.97 Å². The van der Waals surface area contributed by atoms with Crippen molar-refractivity contribution in [1.82, 2.24) is 9.97 Å². The summed E-state index contributed by atoms with van der Waals surface area (Å²) in [7, 11) is 1.35. The van der Waals surface area contributed by atoms with Crippen LogP contribution in [-0.4, -0.2) is 36.3 Å². The summed E-state index contributed by atoms with van der Waals surface area (Å²) in [5.41, 5.74) is 0. The van der Waals surface area contributed by atoms with Gasteiger partial charge in [0.05, 0.1) is 0 Å². The zero-order valence-corrected chi connectivity index (χ0v) is 9.75. The molecule has 0 amide bonds. The van der Waals surface area contributed by atoms with Crippen molar-refractivity contribution >= 4 is 11.6 Å². The SMILES string of the molecule is CCCNc1cc(N(C)CC(F)(F)F)ncn1. The van der Waals surface area contributed by atoms with Crippen LogP contribution in [0.3, 0.4) is 0 Å². The molecule has 0 saturated heterocycles. The maximum atomic E-state index is 12.2. The lowest BCUT2D eigenvalue weighted by Crippen LogP contribution is -2.31. The van der Waals surface area contributed by atoms with Gasteiger partial charge in [0.2, 0.25) is 0 Å². The lowest BCUT2D eigenvalue weighted by Gasteiger charge is -2.20. The van der Waals surface area contributed by atoms with E-state index in [1.165, 1.54) is 19.4 Å². The van der Waals surface area contributed by atoms with Gasteiger partial charge in [-0.05, 0) is 6.42 Å². The summed E-state index contributed by atoms with van der Waals surface area (Å²) in [6.07, 6.45) is -2.07. The predicted octanol–water partition coefficient (Wildman–Crippen LogP) is 2.30.